The maximum Gasteiger partial charge on any atom is 0.202 e. The molecule has 6 atom stereocenters. The van der Waals surface area contributed by atoms with Crippen LogP contribution in [0.5, 0.6) is 5.75 Å². The van der Waals surface area contributed by atoms with E-state index in [1.807, 2.05) is 24.5 Å². The summed E-state index contributed by atoms with van der Waals surface area (Å²) < 4.78 is 7.10. The smallest absolute Gasteiger partial charge is 0.202 e. The molecule has 2 aliphatic heterocycles. The van der Waals surface area contributed by atoms with E-state index >= 15 is 0 Å². The molecule has 30 heavy (non-hydrogen) atoms. The molecule has 3 aliphatic carbocycles. The molecular formula is C25H24N4O. The highest BCUT2D eigenvalue weighted by Gasteiger charge is 2.72. The summed E-state index contributed by atoms with van der Waals surface area (Å²) in [6, 6.07) is 8.79. The maximum absolute atomic E-state index is 7.10. The van der Waals surface area contributed by atoms with Crippen LogP contribution in [0.3, 0.4) is 0 Å². The van der Waals surface area contributed by atoms with Crippen molar-refractivity contribution in [1.82, 2.24) is 14.9 Å². The molecule has 150 valence electrons. The minimum absolute atomic E-state index is 0.437. The van der Waals surface area contributed by atoms with Crippen LogP contribution in [0.25, 0.3) is 21.8 Å². The van der Waals surface area contributed by atoms with Gasteiger partial charge in [0, 0.05) is 35.1 Å². The molecule has 0 amide bonds. The van der Waals surface area contributed by atoms with Crippen LogP contribution in [-0.2, 0) is 0 Å². The van der Waals surface area contributed by atoms with E-state index in [1.165, 1.54) is 32.1 Å². The van der Waals surface area contributed by atoms with Gasteiger partial charge in [0.15, 0.2) is 5.75 Å². The zero-order chi connectivity index (χ0) is 19.7. The first-order chi connectivity index (χ1) is 14.7. The van der Waals surface area contributed by atoms with Gasteiger partial charge in [-0.2, -0.15) is 0 Å². The van der Waals surface area contributed by atoms with Crippen LogP contribution in [0, 0.1) is 23.2 Å². The van der Waals surface area contributed by atoms with Crippen molar-refractivity contribution < 1.29 is 4.74 Å². The van der Waals surface area contributed by atoms with Crippen LogP contribution in [-0.4, -0.2) is 39.9 Å². The summed E-state index contributed by atoms with van der Waals surface area (Å²) in [4.78, 5) is 17.0. The number of ether oxygens (including phenoxy) is 1. The number of benzene rings is 1. The second-order valence-corrected chi connectivity index (χ2v) is 10.3. The third kappa shape index (κ3) is 1.64. The highest BCUT2D eigenvalue weighted by Crippen LogP contribution is 2.72. The predicted octanol–water partition coefficient (Wildman–Crippen LogP) is 4.71. The fourth-order valence-corrected chi connectivity index (χ4v) is 8.15. The summed E-state index contributed by atoms with van der Waals surface area (Å²) in [5.74, 6) is 3.22. The molecule has 6 unspecified atom stereocenters. The standard InChI is InChI=1S/C25H24N4O/c1-29-19-10-15-8-14-9-16(12-24(15,19)11-14)25(29)13-28-22-17-4-2-6-26-20(17)21-18(23(22)30-25)5-3-7-27-21/h2-7,13-16,19H,8-12H2,1H3. The van der Waals surface area contributed by atoms with Crippen LogP contribution in [0.15, 0.2) is 41.7 Å². The van der Waals surface area contributed by atoms with Crippen LogP contribution >= 0.6 is 0 Å². The number of likely N-dealkylation sites (tertiary alicyclic amines) is 1. The lowest BCUT2D eigenvalue weighted by atomic mass is 9.49. The quantitative estimate of drug-likeness (QED) is 0.516. The van der Waals surface area contributed by atoms with Gasteiger partial charge < -0.3 is 4.74 Å². The summed E-state index contributed by atoms with van der Waals surface area (Å²) >= 11 is 0. The van der Waals surface area contributed by atoms with Gasteiger partial charge in [0.2, 0.25) is 5.72 Å². The number of aliphatic imine (C=N–C) groups is 1. The van der Waals surface area contributed by atoms with Crippen molar-refractivity contribution in [3.05, 3.63) is 36.7 Å². The average molecular weight is 396 g/mol. The van der Waals surface area contributed by atoms with Gasteiger partial charge in [-0.25, -0.2) is 0 Å². The van der Waals surface area contributed by atoms with Gasteiger partial charge in [-0.1, -0.05) is 0 Å². The van der Waals surface area contributed by atoms with Gasteiger partial charge in [-0.3, -0.25) is 19.9 Å². The lowest BCUT2D eigenvalue weighted by Crippen LogP contribution is -2.74. The van der Waals surface area contributed by atoms with Gasteiger partial charge in [0.1, 0.15) is 11.2 Å². The van der Waals surface area contributed by atoms with Crippen molar-refractivity contribution >= 4 is 33.7 Å². The molecule has 2 spiro atoms. The third-order valence-electron chi connectivity index (χ3n) is 9.32. The van der Waals surface area contributed by atoms with E-state index in [2.05, 4.69) is 40.3 Å². The van der Waals surface area contributed by atoms with Crippen molar-refractivity contribution in [2.24, 2.45) is 28.2 Å². The number of hydrogen-bond donors (Lipinski definition) is 0. The SMILES string of the molecule is CN1C2CC3CC4CC(CC32C4)C12C=Nc1c(c3cccnc3c3ncccc13)O2. The normalized spacial score (nSPS) is 40.4. The van der Waals surface area contributed by atoms with Gasteiger partial charge in [0.25, 0.3) is 0 Å². The van der Waals surface area contributed by atoms with Crippen molar-refractivity contribution in [2.75, 3.05) is 7.05 Å². The number of pyridine rings is 2. The van der Waals surface area contributed by atoms with Crippen LogP contribution in [0.4, 0.5) is 5.69 Å². The largest absolute Gasteiger partial charge is 0.464 e. The molecule has 4 heterocycles. The Balaban J connectivity index is 1.37. The van der Waals surface area contributed by atoms with Gasteiger partial charge in [-0.15, -0.1) is 0 Å². The number of rotatable bonds is 0. The first kappa shape index (κ1) is 16.2. The molecule has 2 aromatic heterocycles. The Labute approximate surface area is 175 Å². The fourth-order valence-electron chi connectivity index (χ4n) is 8.15. The molecule has 5 nitrogen and oxygen atoms in total. The van der Waals surface area contributed by atoms with Crippen LogP contribution < -0.4 is 4.74 Å². The lowest BCUT2D eigenvalue weighted by molar-refractivity contribution is -0.221. The molecule has 8 rings (SSSR count). The van der Waals surface area contributed by atoms with Gasteiger partial charge in [0.05, 0.1) is 11.7 Å². The molecule has 1 aromatic carbocycles. The summed E-state index contributed by atoms with van der Waals surface area (Å²) in [6.45, 7) is 0. The Morgan fingerprint density at radius 2 is 1.73 bits per heavy atom. The monoisotopic (exact) mass is 396 g/mol. The zero-order valence-corrected chi connectivity index (χ0v) is 17.1. The molecule has 0 radical (unpaired) electrons. The maximum atomic E-state index is 7.10. The number of fused-ring (bicyclic) bond motifs is 9. The number of hydrogen-bond acceptors (Lipinski definition) is 5. The van der Waals surface area contributed by atoms with Crippen molar-refractivity contribution in [2.45, 2.75) is 43.9 Å². The van der Waals surface area contributed by atoms with Gasteiger partial charge in [-0.05, 0) is 80.7 Å². The van der Waals surface area contributed by atoms with E-state index in [0.717, 1.165) is 45.1 Å². The predicted molar refractivity (Wildman–Crippen MR) is 116 cm³/mol. The molecule has 1 saturated heterocycles. The van der Waals surface area contributed by atoms with Gasteiger partial charge >= 0.3 is 0 Å². The molecule has 3 bridgehead atoms. The number of piperidine rings is 1. The Morgan fingerprint density at radius 1 is 0.967 bits per heavy atom. The summed E-state index contributed by atoms with van der Waals surface area (Å²) in [7, 11) is 2.29. The summed E-state index contributed by atoms with van der Waals surface area (Å²) in [6.07, 6.45) is 12.6. The first-order valence-electron chi connectivity index (χ1n) is 11.3. The summed E-state index contributed by atoms with van der Waals surface area (Å²) in [5.41, 5.74) is 2.83. The van der Waals surface area contributed by atoms with Crippen molar-refractivity contribution in [1.29, 1.82) is 0 Å². The molecular weight excluding hydrogens is 372 g/mol. The highest BCUT2D eigenvalue weighted by atomic mass is 16.5. The van der Waals surface area contributed by atoms with E-state index in [0.29, 0.717) is 17.4 Å². The second-order valence-electron chi connectivity index (χ2n) is 10.3. The molecule has 0 N–H and O–H groups in total. The van der Waals surface area contributed by atoms with E-state index < -0.39 is 5.72 Å². The fraction of sp³-hybridized carbons (Fsp3) is 0.480. The van der Waals surface area contributed by atoms with E-state index in [9.17, 15) is 0 Å². The molecule has 3 aromatic rings. The Bertz CT molecular complexity index is 1290. The van der Waals surface area contributed by atoms with Crippen LogP contribution in [0.1, 0.15) is 32.1 Å². The first-order valence-corrected chi connectivity index (χ1v) is 11.3. The van der Waals surface area contributed by atoms with Crippen molar-refractivity contribution in [3.63, 3.8) is 0 Å². The zero-order valence-electron chi connectivity index (χ0n) is 17.1. The molecule has 5 aliphatic rings. The average Bonchev–Trinajstić information content (AvgIpc) is 3.00. The van der Waals surface area contributed by atoms with E-state index in [4.69, 9.17) is 9.73 Å². The molecule has 4 fully saturated rings. The summed E-state index contributed by atoms with van der Waals surface area (Å²) in [5, 5.41) is 2.04. The molecule has 3 saturated carbocycles. The number of nitrogens with zero attached hydrogens (tertiary/aromatic N) is 4. The van der Waals surface area contributed by atoms with E-state index in [1.54, 1.807) is 0 Å². The molecule has 5 heteroatoms. The third-order valence-corrected chi connectivity index (χ3v) is 9.32. The minimum atomic E-state index is -0.437. The minimum Gasteiger partial charge on any atom is -0.464 e. The van der Waals surface area contributed by atoms with Crippen LogP contribution in [0.2, 0.25) is 0 Å². The number of aromatic nitrogens is 2. The highest BCUT2D eigenvalue weighted by molar-refractivity contribution is 6.13. The Kier molecular flexibility index (Phi) is 2.71. The topological polar surface area (TPSA) is 50.6 Å². The lowest BCUT2D eigenvalue weighted by Gasteiger charge is -2.67. The second kappa shape index (κ2) is 5.02. The van der Waals surface area contributed by atoms with Crippen molar-refractivity contribution in [3.8, 4) is 5.75 Å². The van der Waals surface area contributed by atoms with E-state index in [-0.39, 0.29) is 0 Å². The Morgan fingerprint density at radius 3 is 2.60 bits per heavy atom. The Hall–Kier alpha value is -2.53.